The molecule has 0 unspecified atom stereocenters. The lowest BCUT2D eigenvalue weighted by Crippen LogP contribution is -2.42. The highest BCUT2D eigenvalue weighted by Crippen LogP contribution is 2.15. The van der Waals surface area contributed by atoms with Gasteiger partial charge in [-0.1, -0.05) is 11.3 Å². The third-order valence-electron chi connectivity index (χ3n) is 3.76. The standard InChI is InChI=1S/C16H20N6O2S/c1-12(14-10-22-16(20-14)25-11-18-22)19-15(23)21(7-8-24-2)9-13-3-5-17-6-4-13/h3-6,10-12H,7-9H2,1-2H3,(H,19,23)/t12-/m1/s1. The summed E-state index contributed by atoms with van der Waals surface area (Å²) in [4.78, 5) is 23.7. The zero-order valence-electron chi connectivity index (χ0n) is 14.1. The number of methoxy groups -OCH3 is 1. The maximum Gasteiger partial charge on any atom is 0.318 e. The van der Waals surface area contributed by atoms with Crippen LogP contribution in [0.25, 0.3) is 4.96 Å². The minimum atomic E-state index is -0.219. The van der Waals surface area contributed by atoms with Gasteiger partial charge >= 0.3 is 6.03 Å². The molecule has 1 atom stereocenters. The summed E-state index contributed by atoms with van der Waals surface area (Å²) < 4.78 is 6.83. The van der Waals surface area contributed by atoms with Crippen molar-refractivity contribution in [2.24, 2.45) is 0 Å². The highest BCUT2D eigenvalue weighted by molar-refractivity contribution is 7.14. The molecule has 3 rings (SSSR count). The molecule has 2 amide bonds. The highest BCUT2D eigenvalue weighted by Gasteiger charge is 2.19. The molecular weight excluding hydrogens is 340 g/mol. The summed E-state index contributed by atoms with van der Waals surface area (Å²) >= 11 is 1.46. The van der Waals surface area contributed by atoms with Crippen molar-refractivity contribution in [1.82, 2.24) is 29.8 Å². The van der Waals surface area contributed by atoms with Crippen molar-refractivity contribution < 1.29 is 9.53 Å². The van der Waals surface area contributed by atoms with Crippen LogP contribution in [-0.4, -0.2) is 50.8 Å². The minimum Gasteiger partial charge on any atom is -0.383 e. The van der Waals surface area contributed by atoms with E-state index in [1.165, 1.54) is 11.3 Å². The third-order valence-corrected chi connectivity index (χ3v) is 4.45. The van der Waals surface area contributed by atoms with Gasteiger partial charge in [-0.3, -0.25) is 4.98 Å². The Bertz CT molecular complexity index is 790. The van der Waals surface area contributed by atoms with E-state index in [4.69, 9.17) is 4.74 Å². The van der Waals surface area contributed by atoms with Gasteiger partial charge in [0.1, 0.15) is 5.51 Å². The fraction of sp³-hybridized carbons (Fsp3) is 0.375. The van der Waals surface area contributed by atoms with Crippen LogP contribution in [0.2, 0.25) is 0 Å². The molecule has 0 aromatic carbocycles. The first-order valence-corrected chi connectivity index (χ1v) is 8.77. The number of hydrogen-bond donors (Lipinski definition) is 1. The third kappa shape index (κ3) is 4.31. The molecule has 132 valence electrons. The number of ether oxygens (including phenoxy) is 1. The number of hydrogen-bond acceptors (Lipinski definition) is 6. The number of fused-ring (bicyclic) bond motifs is 1. The Balaban J connectivity index is 1.67. The number of carbonyl (C=O) groups excluding carboxylic acids is 1. The van der Waals surface area contributed by atoms with Crippen LogP contribution in [0.1, 0.15) is 24.2 Å². The molecule has 0 saturated carbocycles. The molecule has 1 N–H and O–H groups in total. The Morgan fingerprint density at radius 2 is 2.24 bits per heavy atom. The molecule has 8 nitrogen and oxygen atoms in total. The van der Waals surface area contributed by atoms with Crippen LogP contribution in [-0.2, 0) is 11.3 Å². The molecule has 0 bridgehead atoms. The van der Waals surface area contributed by atoms with Gasteiger partial charge in [0.05, 0.1) is 24.5 Å². The van der Waals surface area contributed by atoms with E-state index in [-0.39, 0.29) is 12.1 Å². The Kier molecular flexibility index (Phi) is 5.56. The zero-order chi connectivity index (χ0) is 17.6. The smallest absolute Gasteiger partial charge is 0.318 e. The molecule has 3 heterocycles. The summed E-state index contributed by atoms with van der Waals surface area (Å²) in [5, 5.41) is 7.15. The maximum absolute atomic E-state index is 12.7. The second-order valence-electron chi connectivity index (χ2n) is 5.57. The molecule has 25 heavy (non-hydrogen) atoms. The maximum atomic E-state index is 12.7. The Labute approximate surface area is 149 Å². The summed E-state index contributed by atoms with van der Waals surface area (Å²) in [6.45, 7) is 3.36. The first-order chi connectivity index (χ1) is 12.2. The van der Waals surface area contributed by atoms with E-state index in [1.807, 2.05) is 25.3 Å². The molecule has 9 heteroatoms. The second-order valence-corrected chi connectivity index (χ2v) is 6.38. The number of carbonyl (C=O) groups is 1. The first kappa shape index (κ1) is 17.3. The number of nitrogens with zero attached hydrogens (tertiary/aromatic N) is 5. The van der Waals surface area contributed by atoms with Crippen LogP contribution in [0.15, 0.2) is 36.2 Å². The monoisotopic (exact) mass is 360 g/mol. The molecule has 0 spiro atoms. The van der Waals surface area contributed by atoms with Crippen molar-refractivity contribution in [3.05, 3.63) is 47.5 Å². The van der Waals surface area contributed by atoms with Gasteiger partial charge in [0, 0.05) is 32.6 Å². The lowest BCUT2D eigenvalue weighted by atomic mass is 10.2. The van der Waals surface area contributed by atoms with Gasteiger partial charge in [-0.15, -0.1) is 0 Å². The van der Waals surface area contributed by atoms with E-state index >= 15 is 0 Å². The Morgan fingerprint density at radius 1 is 1.44 bits per heavy atom. The summed E-state index contributed by atoms with van der Waals surface area (Å²) in [7, 11) is 1.62. The normalized spacial score (nSPS) is 12.2. The average molecular weight is 360 g/mol. The van der Waals surface area contributed by atoms with Crippen molar-refractivity contribution in [2.75, 3.05) is 20.3 Å². The van der Waals surface area contributed by atoms with Gasteiger partial charge < -0.3 is 15.0 Å². The SMILES string of the molecule is COCCN(Cc1ccncc1)C(=O)N[C@H](C)c1cn2ncsc2n1. The largest absolute Gasteiger partial charge is 0.383 e. The van der Waals surface area contributed by atoms with Crippen molar-refractivity contribution in [2.45, 2.75) is 19.5 Å². The van der Waals surface area contributed by atoms with E-state index in [9.17, 15) is 4.79 Å². The number of rotatable bonds is 7. The van der Waals surface area contributed by atoms with E-state index in [1.54, 1.807) is 34.4 Å². The number of nitrogens with one attached hydrogen (secondary N) is 1. The molecule has 0 aliphatic carbocycles. The lowest BCUT2D eigenvalue weighted by Gasteiger charge is -2.24. The summed E-state index contributed by atoms with van der Waals surface area (Å²) in [5.41, 5.74) is 3.53. The molecule has 0 aliphatic heterocycles. The van der Waals surface area contributed by atoms with Crippen molar-refractivity contribution in [3.8, 4) is 0 Å². The summed E-state index contributed by atoms with van der Waals surface area (Å²) in [6.07, 6.45) is 5.27. The highest BCUT2D eigenvalue weighted by atomic mass is 32.1. The minimum absolute atomic E-state index is 0.161. The van der Waals surface area contributed by atoms with Gasteiger partial charge in [0.25, 0.3) is 0 Å². The fourth-order valence-electron chi connectivity index (χ4n) is 2.38. The van der Waals surface area contributed by atoms with Crippen LogP contribution >= 0.6 is 11.3 Å². The van der Waals surface area contributed by atoms with E-state index in [0.717, 1.165) is 16.2 Å². The second kappa shape index (κ2) is 8.04. The van der Waals surface area contributed by atoms with E-state index in [2.05, 4.69) is 20.4 Å². The molecule has 0 fully saturated rings. The predicted octanol–water partition coefficient (Wildman–Crippen LogP) is 2.10. The molecule has 0 saturated heterocycles. The van der Waals surface area contributed by atoms with Crippen LogP contribution < -0.4 is 5.32 Å². The molecule has 0 aliphatic rings. The van der Waals surface area contributed by atoms with Crippen molar-refractivity contribution >= 4 is 22.3 Å². The molecular formula is C16H20N6O2S. The average Bonchev–Trinajstić information content (AvgIpc) is 3.21. The van der Waals surface area contributed by atoms with E-state index < -0.39 is 0 Å². The zero-order valence-corrected chi connectivity index (χ0v) is 14.9. The van der Waals surface area contributed by atoms with Crippen LogP contribution in [0.5, 0.6) is 0 Å². The Morgan fingerprint density at radius 3 is 2.96 bits per heavy atom. The summed E-state index contributed by atoms with van der Waals surface area (Å²) in [5.74, 6) is 0. The lowest BCUT2D eigenvalue weighted by molar-refractivity contribution is 0.145. The van der Waals surface area contributed by atoms with E-state index in [0.29, 0.717) is 19.7 Å². The predicted molar refractivity (Wildman–Crippen MR) is 94.3 cm³/mol. The van der Waals surface area contributed by atoms with Gasteiger partial charge in [0.2, 0.25) is 4.96 Å². The quantitative estimate of drug-likeness (QED) is 0.697. The van der Waals surface area contributed by atoms with Crippen molar-refractivity contribution in [3.63, 3.8) is 0 Å². The van der Waals surface area contributed by atoms with Gasteiger partial charge in [-0.05, 0) is 24.6 Å². The van der Waals surface area contributed by atoms with Crippen molar-refractivity contribution in [1.29, 1.82) is 0 Å². The van der Waals surface area contributed by atoms with Gasteiger partial charge in [0.15, 0.2) is 0 Å². The number of imidazole rings is 1. The first-order valence-electron chi connectivity index (χ1n) is 7.89. The number of aromatic nitrogens is 4. The number of pyridine rings is 1. The summed E-state index contributed by atoms with van der Waals surface area (Å²) in [6, 6.07) is 3.41. The van der Waals surface area contributed by atoms with Crippen LogP contribution in [0.4, 0.5) is 4.79 Å². The fourth-order valence-corrected chi connectivity index (χ4v) is 2.99. The topological polar surface area (TPSA) is 84.7 Å². The van der Waals surface area contributed by atoms with Crippen LogP contribution in [0.3, 0.4) is 0 Å². The van der Waals surface area contributed by atoms with Crippen LogP contribution in [0, 0.1) is 0 Å². The Hall–Kier alpha value is -2.52. The molecule has 3 aromatic rings. The number of amides is 2. The van der Waals surface area contributed by atoms with Gasteiger partial charge in [-0.2, -0.15) is 5.10 Å². The molecule has 3 aromatic heterocycles. The van der Waals surface area contributed by atoms with Gasteiger partial charge in [-0.25, -0.2) is 14.3 Å². The molecule has 0 radical (unpaired) electrons. The number of urea groups is 1.